The molecule has 0 radical (unpaired) electrons. The number of carbonyl (C=O) groups excluding carboxylic acids is 1. The molecule has 0 N–H and O–H groups in total. The third-order valence-electron chi connectivity index (χ3n) is 9.17. The monoisotopic (exact) mass is 672 g/mol. The standard InChI is InChI=1S/C43H40N6O2/c1-3-5-29-48-31-39(42(50)51-4-2)40(45-48)30-32-25-27-33(28-26-32)37-23-15-16-24-38(37)41-44-47-49(46-41)43(34-17-9-6-10-18-34,35-19-11-7-12-20-35)36-21-13-8-14-22-36/h6-28,31H,3-5,29-30H2,1-2H3. The summed E-state index contributed by atoms with van der Waals surface area (Å²) in [6, 6.07) is 47.5. The van der Waals surface area contributed by atoms with Gasteiger partial charge in [0.25, 0.3) is 0 Å². The molecule has 51 heavy (non-hydrogen) atoms. The smallest absolute Gasteiger partial charge is 0.341 e. The molecule has 0 saturated heterocycles. The van der Waals surface area contributed by atoms with Gasteiger partial charge < -0.3 is 4.74 Å². The Bertz CT molecular complexity index is 2100. The van der Waals surface area contributed by atoms with Gasteiger partial charge in [0.15, 0.2) is 5.54 Å². The van der Waals surface area contributed by atoms with Crippen LogP contribution in [-0.2, 0) is 23.2 Å². The Kier molecular flexibility index (Phi) is 9.92. The fourth-order valence-corrected chi connectivity index (χ4v) is 6.68. The number of carbonyl (C=O) groups is 1. The molecule has 0 aliphatic heterocycles. The van der Waals surface area contributed by atoms with Gasteiger partial charge in [-0.2, -0.15) is 5.10 Å². The van der Waals surface area contributed by atoms with Crippen LogP contribution in [0.15, 0.2) is 146 Å². The van der Waals surface area contributed by atoms with Crippen LogP contribution in [0.4, 0.5) is 0 Å². The summed E-state index contributed by atoms with van der Waals surface area (Å²) >= 11 is 0. The van der Waals surface area contributed by atoms with Crippen molar-refractivity contribution in [1.82, 2.24) is 30.0 Å². The molecule has 2 heterocycles. The van der Waals surface area contributed by atoms with Crippen LogP contribution < -0.4 is 0 Å². The number of nitrogens with zero attached hydrogens (tertiary/aromatic N) is 6. The van der Waals surface area contributed by atoms with Gasteiger partial charge in [-0.1, -0.05) is 153 Å². The number of rotatable bonds is 13. The maximum absolute atomic E-state index is 12.8. The first kappa shape index (κ1) is 33.4. The third kappa shape index (κ3) is 6.73. The predicted molar refractivity (Wildman–Crippen MR) is 199 cm³/mol. The number of hydrogen-bond acceptors (Lipinski definition) is 6. The van der Waals surface area contributed by atoms with Crippen molar-refractivity contribution < 1.29 is 9.53 Å². The molecule has 0 saturated carbocycles. The van der Waals surface area contributed by atoms with Crippen LogP contribution >= 0.6 is 0 Å². The maximum atomic E-state index is 12.8. The Hall–Kier alpha value is -6.15. The topological polar surface area (TPSA) is 87.7 Å². The fraction of sp³-hybridized carbons (Fsp3) is 0.186. The molecule has 0 unspecified atom stereocenters. The van der Waals surface area contributed by atoms with Gasteiger partial charge in [-0.15, -0.1) is 15.0 Å². The Morgan fingerprint density at radius 3 is 1.82 bits per heavy atom. The van der Waals surface area contributed by atoms with E-state index in [2.05, 4.69) is 73.7 Å². The second-order valence-corrected chi connectivity index (χ2v) is 12.5. The highest BCUT2D eigenvalue weighted by molar-refractivity contribution is 5.90. The molecule has 0 spiro atoms. The fourth-order valence-electron chi connectivity index (χ4n) is 6.68. The highest BCUT2D eigenvalue weighted by Gasteiger charge is 2.41. The van der Waals surface area contributed by atoms with Gasteiger partial charge in [-0.3, -0.25) is 4.68 Å². The van der Waals surface area contributed by atoms with Crippen molar-refractivity contribution in [2.24, 2.45) is 0 Å². The molecule has 8 nitrogen and oxygen atoms in total. The van der Waals surface area contributed by atoms with Gasteiger partial charge in [-0.05, 0) is 51.9 Å². The van der Waals surface area contributed by atoms with E-state index in [1.165, 1.54) is 0 Å². The number of esters is 1. The van der Waals surface area contributed by atoms with Crippen molar-refractivity contribution in [3.8, 4) is 22.5 Å². The Morgan fingerprint density at radius 2 is 1.25 bits per heavy atom. The first-order chi connectivity index (χ1) is 25.1. The van der Waals surface area contributed by atoms with Crippen LogP contribution in [0.5, 0.6) is 0 Å². The number of unbranched alkanes of at least 4 members (excludes halogenated alkanes) is 1. The van der Waals surface area contributed by atoms with Crippen molar-refractivity contribution in [1.29, 1.82) is 0 Å². The molecule has 0 aliphatic rings. The largest absolute Gasteiger partial charge is 0.462 e. The van der Waals surface area contributed by atoms with Gasteiger partial charge in [0.1, 0.15) is 5.56 Å². The van der Waals surface area contributed by atoms with Gasteiger partial charge >= 0.3 is 5.97 Å². The minimum absolute atomic E-state index is 0.320. The van der Waals surface area contributed by atoms with Gasteiger partial charge in [0.05, 0.1) is 12.3 Å². The van der Waals surface area contributed by atoms with Crippen LogP contribution in [0.2, 0.25) is 0 Å². The van der Waals surface area contributed by atoms with Crippen molar-refractivity contribution in [2.75, 3.05) is 6.61 Å². The van der Waals surface area contributed by atoms with Crippen molar-refractivity contribution in [2.45, 2.75) is 45.2 Å². The number of benzene rings is 5. The summed E-state index contributed by atoms with van der Waals surface area (Å²) < 4.78 is 7.20. The minimum atomic E-state index is -0.864. The van der Waals surface area contributed by atoms with E-state index >= 15 is 0 Å². The van der Waals surface area contributed by atoms with E-state index in [4.69, 9.17) is 25.2 Å². The Morgan fingerprint density at radius 1 is 0.686 bits per heavy atom. The predicted octanol–water partition coefficient (Wildman–Crippen LogP) is 8.61. The van der Waals surface area contributed by atoms with Crippen LogP contribution in [0, 0.1) is 0 Å². The number of ether oxygens (including phenoxy) is 1. The summed E-state index contributed by atoms with van der Waals surface area (Å²) in [7, 11) is 0. The number of tetrazole rings is 1. The van der Waals surface area contributed by atoms with E-state index in [-0.39, 0.29) is 5.97 Å². The number of aryl methyl sites for hydroxylation is 1. The first-order valence-electron chi connectivity index (χ1n) is 17.5. The molecule has 5 aromatic carbocycles. The maximum Gasteiger partial charge on any atom is 0.341 e. The highest BCUT2D eigenvalue weighted by atomic mass is 16.5. The van der Waals surface area contributed by atoms with Crippen LogP contribution in [0.25, 0.3) is 22.5 Å². The average Bonchev–Trinajstić information content (AvgIpc) is 3.84. The highest BCUT2D eigenvalue weighted by Crippen LogP contribution is 2.40. The lowest BCUT2D eigenvalue weighted by Crippen LogP contribution is -2.39. The molecular formula is C43H40N6O2. The molecule has 0 aliphatic carbocycles. The van der Waals surface area contributed by atoms with E-state index in [0.29, 0.717) is 24.4 Å². The SMILES string of the molecule is CCCCn1cc(C(=O)OCC)c(Cc2ccc(-c3ccccc3-c3nnn(C(c4ccccc4)(c4ccccc4)c4ccccc4)n3)cc2)n1. The lowest BCUT2D eigenvalue weighted by atomic mass is 9.77. The van der Waals surface area contributed by atoms with E-state index in [1.54, 1.807) is 4.80 Å². The van der Waals surface area contributed by atoms with Gasteiger partial charge in [-0.25, -0.2) is 4.79 Å². The average molecular weight is 673 g/mol. The summed E-state index contributed by atoms with van der Waals surface area (Å²) in [5.74, 6) is 0.190. The number of hydrogen-bond donors (Lipinski definition) is 0. The summed E-state index contributed by atoms with van der Waals surface area (Å²) in [4.78, 5) is 14.5. The number of aromatic nitrogens is 6. The van der Waals surface area contributed by atoms with Crippen LogP contribution in [0.3, 0.4) is 0 Å². The van der Waals surface area contributed by atoms with Crippen molar-refractivity contribution in [3.05, 3.63) is 179 Å². The van der Waals surface area contributed by atoms with E-state index in [1.807, 2.05) is 90.6 Å². The molecule has 2 aromatic heterocycles. The summed E-state index contributed by atoms with van der Waals surface area (Å²) in [6.07, 6.45) is 4.37. The molecule has 0 amide bonds. The molecule has 7 aromatic rings. The molecule has 8 heteroatoms. The van der Waals surface area contributed by atoms with Crippen molar-refractivity contribution in [3.63, 3.8) is 0 Å². The molecule has 0 fully saturated rings. The molecule has 0 atom stereocenters. The lowest BCUT2D eigenvalue weighted by Gasteiger charge is -2.34. The quantitative estimate of drug-likeness (QED) is 0.0901. The molecule has 7 rings (SSSR count). The van der Waals surface area contributed by atoms with Crippen LogP contribution in [0.1, 0.15) is 65.0 Å². The van der Waals surface area contributed by atoms with Crippen LogP contribution in [-0.4, -0.2) is 42.6 Å². The lowest BCUT2D eigenvalue weighted by molar-refractivity contribution is 0.0525. The molecule has 0 bridgehead atoms. The first-order valence-corrected chi connectivity index (χ1v) is 17.5. The normalized spacial score (nSPS) is 11.4. The van der Waals surface area contributed by atoms with Gasteiger partial charge in [0, 0.05) is 24.7 Å². The second-order valence-electron chi connectivity index (χ2n) is 12.5. The Labute approximate surface area is 298 Å². The van der Waals surface area contributed by atoms with E-state index in [0.717, 1.165) is 64.0 Å². The van der Waals surface area contributed by atoms with Crippen molar-refractivity contribution >= 4 is 5.97 Å². The Balaban J connectivity index is 1.25. The molecular weight excluding hydrogens is 633 g/mol. The third-order valence-corrected chi connectivity index (χ3v) is 9.17. The second kappa shape index (κ2) is 15.2. The van der Waals surface area contributed by atoms with E-state index in [9.17, 15) is 4.79 Å². The summed E-state index contributed by atoms with van der Waals surface area (Å²) in [5.41, 5.74) is 7.38. The molecule has 254 valence electrons. The van der Waals surface area contributed by atoms with E-state index < -0.39 is 5.54 Å². The zero-order valence-electron chi connectivity index (χ0n) is 28.9. The zero-order chi connectivity index (χ0) is 35.0. The minimum Gasteiger partial charge on any atom is -0.462 e. The summed E-state index contributed by atoms with van der Waals surface area (Å²) in [5, 5.41) is 19.4. The summed E-state index contributed by atoms with van der Waals surface area (Å²) in [6.45, 7) is 5.04. The van der Waals surface area contributed by atoms with Gasteiger partial charge in [0.2, 0.25) is 5.82 Å². The zero-order valence-corrected chi connectivity index (χ0v) is 28.9.